The third kappa shape index (κ3) is 3.77. The molecule has 3 heterocycles. The van der Waals surface area contributed by atoms with Crippen molar-refractivity contribution in [3.63, 3.8) is 0 Å². The van der Waals surface area contributed by atoms with Crippen molar-refractivity contribution in [2.45, 2.75) is 0 Å². The van der Waals surface area contributed by atoms with Crippen LogP contribution in [0.25, 0.3) is 92.0 Å². The summed E-state index contributed by atoms with van der Waals surface area (Å²) in [7, 11) is 0. The minimum Gasteiger partial charge on any atom is -0.278 e. The van der Waals surface area contributed by atoms with Gasteiger partial charge in [0.15, 0.2) is 0 Å². The molecule has 0 aliphatic carbocycles. The fourth-order valence-corrected chi connectivity index (χ4v) is 8.17. The molecule has 0 saturated heterocycles. The van der Waals surface area contributed by atoms with Crippen LogP contribution in [0.5, 0.6) is 0 Å². The molecule has 0 atom stereocenters. The molecule has 10 rings (SSSR count). The highest BCUT2D eigenvalue weighted by atomic mass is 32.1. The Morgan fingerprint density at radius 3 is 2.07 bits per heavy atom. The fourth-order valence-electron chi connectivity index (χ4n) is 7.08. The van der Waals surface area contributed by atoms with Gasteiger partial charge in [-0.1, -0.05) is 109 Å². The van der Waals surface area contributed by atoms with Gasteiger partial charge in [-0.2, -0.15) is 0 Å². The summed E-state index contributed by atoms with van der Waals surface area (Å²) in [5.41, 5.74) is 7.59. The number of para-hydroxylation sites is 2. The summed E-state index contributed by atoms with van der Waals surface area (Å²) < 4.78 is 4.89. The molecule has 0 aliphatic rings. The van der Waals surface area contributed by atoms with E-state index in [-0.39, 0.29) is 0 Å². The number of hydrogen-bond donors (Lipinski definition) is 0. The average Bonchev–Trinajstić information content (AvgIpc) is 3.67. The lowest BCUT2D eigenvalue weighted by Crippen LogP contribution is -2.03. The molecule has 0 bridgehead atoms. The van der Waals surface area contributed by atoms with E-state index < -0.39 is 0 Å². The Bertz CT molecular complexity index is 2810. The molecule has 0 unspecified atom stereocenters. The van der Waals surface area contributed by atoms with E-state index in [1.807, 2.05) is 23.5 Å². The van der Waals surface area contributed by atoms with Crippen molar-refractivity contribution in [2.75, 3.05) is 0 Å². The highest BCUT2D eigenvalue weighted by molar-refractivity contribution is 7.25. The maximum absolute atomic E-state index is 5.24. The average molecular weight is 604 g/mol. The van der Waals surface area contributed by atoms with Gasteiger partial charge in [0.05, 0.1) is 22.2 Å². The number of thiophene rings is 1. The molecule has 0 N–H and O–H groups in total. The molecule has 0 spiro atoms. The molecule has 4 heteroatoms. The molecular formula is C42H25N3S. The lowest BCUT2D eigenvalue weighted by molar-refractivity contribution is 1.01. The van der Waals surface area contributed by atoms with Crippen LogP contribution in [0.1, 0.15) is 0 Å². The van der Waals surface area contributed by atoms with Crippen LogP contribution in [-0.2, 0) is 0 Å². The van der Waals surface area contributed by atoms with Crippen molar-refractivity contribution >= 4 is 75.0 Å². The van der Waals surface area contributed by atoms with Crippen molar-refractivity contribution < 1.29 is 0 Å². The van der Waals surface area contributed by atoms with Gasteiger partial charge in [0.1, 0.15) is 0 Å². The number of hydrogen-bond acceptors (Lipinski definition) is 3. The molecule has 46 heavy (non-hydrogen) atoms. The number of nitrogens with zero attached hydrogens (tertiary/aromatic N) is 3. The summed E-state index contributed by atoms with van der Waals surface area (Å²) >= 11 is 1.86. The van der Waals surface area contributed by atoms with Crippen molar-refractivity contribution in [3.05, 3.63) is 152 Å². The fraction of sp³-hybridized carbons (Fsp3) is 0. The summed E-state index contributed by atoms with van der Waals surface area (Å²) in [4.78, 5) is 10.4. The lowest BCUT2D eigenvalue weighted by Gasteiger charge is -2.12. The zero-order chi connectivity index (χ0) is 30.2. The van der Waals surface area contributed by atoms with E-state index in [0.29, 0.717) is 5.95 Å². The third-order valence-corrected chi connectivity index (χ3v) is 10.4. The van der Waals surface area contributed by atoms with E-state index in [9.17, 15) is 0 Å². The van der Waals surface area contributed by atoms with Crippen LogP contribution in [0.2, 0.25) is 0 Å². The van der Waals surface area contributed by atoms with Gasteiger partial charge in [-0.05, 0) is 64.4 Å². The van der Waals surface area contributed by atoms with E-state index in [1.165, 1.54) is 52.8 Å². The van der Waals surface area contributed by atoms with E-state index in [4.69, 9.17) is 9.97 Å². The third-order valence-electron chi connectivity index (χ3n) is 9.20. The topological polar surface area (TPSA) is 30.7 Å². The SMILES string of the molecule is c1ccc(-c2nc(-n3c4ccccc4c4c5ccc(-c6ccc7sc8ccccc8c7c6)cc5ccc43)nc3ccccc23)cc1. The second-order valence-electron chi connectivity index (χ2n) is 11.8. The first kappa shape index (κ1) is 25.5. The molecule has 10 aromatic rings. The summed E-state index contributed by atoms with van der Waals surface area (Å²) in [5, 5.41) is 8.55. The highest BCUT2D eigenvalue weighted by Gasteiger charge is 2.19. The van der Waals surface area contributed by atoms with Crippen molar-refractivity contribution in [2.24, 2.45) is 0 Å². The first-order chi connectivity index (χ1) is 22.8. The molecule has 0 radical (unpaired) electrons. The Kier molecular flexibility index (Phi) is 5.45. The smallest absolute Gasteiger partial charge is 0.235 e. The van der Waals surface area contributed by atoms with E-state index in [2.05, 4.69) is 144 Å². The van der Waals surface area contributed by atoms with Gasteiger partial charge in [0, 0.05) is 41.9 Å². The Labute approximate surface area is 268 Å². The molecule has 3 aromatic heterocycles. The maximum atomic E-state index is 5.24. The predicted molar refractivity (Wildman–Crippen MR) is 195 cm³/mol. The summed E-state index contributed by atoms with van der Waals surface area (Å²) in [6.45, 7) is 0. The Hall–Kier alpha value is -5.84. The Morgan fingerprint density at radius 1 is 0.435 bits per heavy atom. The molecule has 0 aliphatic heterocycles. The largest absolute Gasteiger partial charge is 0.278 e. The maximum Gasteiger partial charge on any atom is 0.235 e. The minimum absolute atomic E-state index is 0.677. The second kappa shape index (κ2) is 9.83. The van der Waals surface area contributed by atoms with Gasteiger partial charge < -0.3 is 0 Å². The van der Waals surface area contributed by atoms with Crippen molar-refractivity contribution in [1.82, 2.24) is 14.5 Å². The summed E-state index contributed by atoms with van der Waals surface area (Å²) in [5.74, 6) is 0.677. The van der Waals surface area contributed by atoms with Crippen LogP contribution in [0.3, 0.4) is 0 Å². The monoisotopic (exact) mass is 603 g/mol. The van der Waals surface area contributed by atoms with Gasteiger partial charge >= 0.3 is 0 Å². The quantitative estimate of drug-likeness (QED) is 0.201. The van der Waals surface area contributed by atoms with E-state index >= 15 is 0 Å². The van der Waals surface area contributed by atoms with E-state index in [1.54, 1.807) is 0 Å². The van der Waals surface area contributed by atoms with Gasteiger partial charge in [0.2, 0.25) is 5.95 Å². The molecule has 0 saturated carbocycles. The molecule has 0 fully saturated rings. The standard InChI is InChI=1S/C42H25N3S/c1-2-10-26(11-3-1)41-32-13-4-7-15-35(32)43-42(44-41)45-36-16-8-5-14-33(36)40-30-21-18-27(24-29(30)19-22-37(40)45)28-20-23-39-34(25-28)31-12-6-9-17-38(31)46-39/h1-25H. The van der Waals surface area contributed by atoms with Gasteiger partial charge in [0.25, 0.3) is 0 Å². The minimum atomic E-state index is 0.677. The van der Waals surface area contributed by atoms with Crippen LogP contribution < -0.4 is 0 Å². The van der Waals surface area contributed by atoms with Gasteiger partial charge in [-0.3, -0.25) is 4.57 Å². The normalized spacial score (nSPS) is 11.9. The van der Waals surface area contributed by atoms with Crippen molar-refractivity contribution in [1.29, 1.82) is 0 Å². The summed E-state index contributed by atoms with van der Waals surface area (Å²) in [6.07, 6.45) is 0. The van der Waals surface area contributed by atoms with Crippen LogP contribution in [0.4, 0.5) is 0 Å². The van der Waals surface area contributed by atoms with Gasteiger partial charge in [-0.15, -0.1) is 11.3 Å². The molecule has 7 aromatic carbocycles. The van der Waals surface area contributed by atoms with Crippen LogP contribution >= 0.6 is 11.3 Å². The molecule has 3 nitrogen and oxygen atoms in total. The predicted octanol–water partition coefficient (Wildman–Crippen LogP) is 11.6. The second-order valence-corrected chi connectivity index (χ2v) is 12.9. The van der Waals surface area contributed by atoms with Crippen LogP contribution in [0.15, 0.2) is 152 Å². The highest BCUT2D eigenvalue weighted by Crippen LogP contribution is 2.40. The van der Waals surface area contributed by atoms with Crippen LogP contribution in [-0.4, -0.2) is 14.5 Å². The molecule has 0 amide bonds. The number of rotatable bonds is 3. The number of aromatic nitrogens is 3. The Balaban J connectivity index is 1.20. The zero-order valence-electron chi connectivity index (χ0n) is 24.7. The number of fused-ring (bicyclic) bond motifs is 9. The molecular weight excluding hydrogens is 579 g/mol. The first-order valence-corrected chi connectivity index (χ1v) is 16.3. The number of benzene rings is 7. The summed E-state index contributed by atoms with van der Waals surface area (Å²) in [6, 6.07) is 54.2. The first-order valence-electron chi connectivity index (χ1n) is 15.5. The Morgan fingerprint density at radius 2 is 1.15 bits per heavy atom. The van der Waals surface area contributed by atoms with E-state index in [0.717, 1.165) is 33.2 Å². The van der Waals surface area contributed by atoms with Gasteiger partial charge in [-0.25, -0.2) is 9.97 Å². The van der Waals surface area contributed by atoms with Crippen LogP contribution in [0, 0.1) is 0 Å². The zero-order valence-corrected chi connectivity index (χ0v) is 25.5. The molecule has 214 valence electrons. The van der Waals surface area contributed by atoms with Crippen molar-refractivity contribution in [3.8, 4) is 28.3 Å². The lowest BCUT2D eigenvalue weighted by atomic mass is 9.97.